The second kappa shape index (κ2) is 5.86. The topological polar surface area (TPSA) is 92.0 Å². The Morgan fingerprint density at radius 3 is 2.89 bits per heavy atom. The maximum atomic E-state index is 10.8. The van der Waals surface area contributed by atoms with Gasteiger partial charge in [0.2, 0.25) is 0 Å². The van der Waals surface area contributed by atoms with Crippen molar-refractivity contribution in [2.24, 2.45) is 5.73 Å². The van der Waals surface area contributed by atoms with Gasteiger partial charge >= 0.3 is 5.97 Å². The monoisotopic (exact) mass is 279 g/mol. The standard InChI is InChI=1S/C13H14ClN3O2/c14-9-4-2-1-3-8(9)5-11-12(17-7-16-11)6-10(15)13(18)19/h1-4,7,10H,5-6,15H2,(H,16,17)(H,18,19)/t10-/m0/s1. The second-order valence-corrected chi connectivity index (χ2v) is 4.65. The first-order chi connectivity index (χ1) is 9.08. The van der Waals surface area contributed by atoms with E-state index in [0.29, 0.717) is 17.1 Å². The summed E-state index contributed by atoms with van der Waals surface area (Å²) in [5, 5.41) is 9.49. The molecule has 1 aromatic carbocycles. The number of hydrogen-bond donors (Lipinski definition) is 3. The first-order valence-corrected chi connectivity index (χ1v) is 6.18. The molecule has 0 radical (unpaired) electrons. The van der Waals surface area contributed by atoms with Gasteiger partial charge < -0.3 is 15.8 Å². The third-order valence-corrected chi connectivity index (χ3v) is 3.23. The normalized spacial score (nSPS) is 12.3. The van der Waals surface area contributed by atoms with Gasteiger partial charge in [-0.05, 0) is 11.6 Å². The molecule has 0 aliphatic carbocycles. The lowest BCUT2D eigenvalue weighted by Gasteiger charge is -2.07. The van der Waals surface area contributed by atoms with Crippen molar-refractivity contribution >= 4 is 17.6 Å². The SMILES string of the molecule is N[C@@H](Cc1nc[nH]c1Cc1ccccc1Cl)C(=O)O. The number of hydrogen-bond acceptors (Lipinski definition) is 3. The molecular weight excluding hydrogens is 266 g/mol. The van der Waals surface area contributed by atoms with Crippen molar-refractivity contribution in [2.75, 3.05) is 0 Å². The summed E-state index contributed by atoms with van der Waals surface area (Å²) in [5.74, 6) is -1.04. The summed E-state index contributed by atoms with van der Waals surface area (Å²) in [6, 6.07) is 6.55. The Kier molecular flexibility index (Phi) is 4.19. The largest absolute Gasteiger partial charge is 0.480 e. The van der Waals surface area contributed by atoms with Crippen LogP contribution in [-0.4, -0.2) is 27.1 Å². The molecule has 0 amide bonds. The summed E-state index contributed by atoms with van der Waals surface area (Å²) in [6.07, 6.45) is 2.30. The van der Waals surface area contributed by atoms with E-state index in [2.05, 4.69) is 9.97 Å². The number of carboxylic acid groups (broad SMARTS) is 1. The minimum absolute atomic E-state index is 0.193. The van der Waals surface area contributed by atoms with Crippen LogP contribution < -0.4 is 5.73 Å². The Hall–Kier alpha value is -1.85. The molecule has 1 heterocycles. The number of aliphatic carboxylic acids is 1. The number of H-pyrrole nitrogens is 1. The molecule has 4 N–H and O–H groups in total. The van der Waals surface area contributed by atoms with Crippen LogP contribution in [0.4, 0.5) is 0 Å². The highest BCUT2D eigenvalue weighted by molar-refractivity contribution is 6.31. The molecule has 0 spiro atoms. The number of nitrogens with zero attached hydrogens (tertiary/aromatic N) is 1. The fourth-order valence-electron chi connectivity index (χ4n) is 1.81. The summed E-state index contributed by atoms with van der Waals surface area (Å²) >= 11 is 6.10. The van der Waals surface area contributed by atoms with E-state index in [4.69, 9.17) is 22.4 Å². The lowest BCUT2D eigenvalue weighted by atomic mass is 10.1. The number of carboxylic acids is 1. The highest BCUT2D eigenvalue weighted by atomic mass is 35.5. The zero-order valence-corrected chi connectivity index (χ0v) is 10.9. The van der Waals surface area contributed by atoms with Crippen molar-refractivity contribution < 1.29 is 9.90 Å². The highest BCUT2D eigenvalue weighted by Gasteiger charge is 2.16. The zero-order chi connectivity index (χ0) is 13.8. The number of rotatable bonds is 5. The van der Waals surface area contributed by atoms with Crippen LogP contribution in [0, 0.1) is 0 Å². The number of nitrogens with two attached hydrogens (primary N) is 1. The maximum absolute atomic E-state index is 10.8. The van der Waals surface area contributed by atoms with E-state index in [9.17, 15) is 4.79 Å². The molecule has 0 aliphatic rings. The number of aromatic nitrogens is 2. The fraction of sp³-hybridized carbons (Fsp3) is 0.231. The van der Waals surface area contributed by atoms with E-state index in [1.807, 2.05) is 24.3 Å². The van der Waals surface area contributed by atoms with E-state index in [0.717, 1.165) is 11.3 Å². The van der Waals surface area contributed by atoms with Crippen LogP contribution in [0.3, 0.4) is 0 Å². The van der Waals surface area contributed by atoms with Gasteiger partial charge in [-0.2, -0.15) is 0 Å². The second-order valence-electron chi connectivity index (χ2n) is 4.24. The molecule has 0 saturated heterocycles. The Balaban J connectivity index is 2.16. The highest BCUT2D eigenvalue weighted by Crippen LogP contribution is 2.19. The Morgan fingerprint density at radius 2 is 2.21 bits per heavy atom. The van der Waals surface area contributed by atoms with Gasteiger partial charge in [0.1, 0.15) is 6.04 Å². The Bertz CT molecular complexity index is 583. The summed E-state index contributed by atoms with van der Waals surface area (Å²) in [7, 11) is 0. The maximum Gasteiger partial charge on any atom is 0.320 e. The van der Waals surface area contributed by atoms with Crippen molar-refractivity contribution in [3.05, 3.63) is 52.6 Å². The van der Waals surface area contributed by atoms with Gasteiger partial charge in [-0.3, -0.25) is 4.79 Å². The third kappa shape index (κ3) is 3.33. The minimum atomic E-state index is -1.04. The van der Waals surface area contributed by atoms with Gasteiger partial charge in [0.25, 0.3) is 0 Å². The molecular formula is C13H14ClN3O2. The molecule has 100 valence electrons. The predicted octanol–water partition coefficient (Wildman–Crippen LogP) is 1.61. The number of imidazole rings is 1. The van der Waals surface area contributed by atoms with Gasteiger partial charge in [0.05, 0.1) is 12.0 Å². The molecule has 1 aromatic heterocycles. The molecule has 0 unspecified atom stereocenters. The average molecular weight is 280 g/mol. The number of carbonyl (C=O) groups is 1. The zero-order valence-electron chi connectivity index (χ0n) is 10.1. The molecule has 5 nitrogen and oxygen atoms in total. The molecule has 0 bridgehead atoms. The van der Waals surface area contributed by atoms with E-state index < -0.39 is 12.0 Å². The van der Waals surface area contributed by atoms with Crippen LogP contribution in [0.1, 0.15) is 17.0 Å². The number of benzene rings is 1. The molecule has 2 rings (SSSR count). The van der Waals surface area contributed by atoms with E-state index in [1.165, 1.54) is 6.33 Å². The quantitative estimate of drug-likeness (QED) is 0.775. The van der Waals surface area contributed by atoms with Crippen LogP contribution in [0.5, 0.6) is 0 Å². The summed E-state index contributed by atoms with van der Waals surface area (Å²) in [6.45, 7) is 0. The first kappa shape index (κ1) is 13.6. The summed E-state index contributed by atoms with van der Waals surface area (Å²) in [5.41, 5.74) is 7.98. The Morgan fingerprint density at radius 1 is 1.47 bits per heavy atom. The summed E-state index contributed by atoms with van der Waals surface area (Å²) < 4.78 is 0. The van der Waals surface area contributed by atoms with Gasteiger partial charge in [0, 0.05) is 23.6 Å². The van der Waals surface area contributed by atoms with Crippen molar-refractivity contribution in [3.63, 3.8) is 0 Å². The predicted molar refractivity (Wildman–Crippen MR) is 72.2 cm³/mol. The van der Waals surface area contributed by atoms with Gasteiger partial charge in [-0.15, -0.1) is 0 Å². The van der Waals surface area contributed by atoms with Crippen molar-refractivity contribution in [2.45, 2.75) is 18.9 Å². The smallest absolute Gasteiger partial charge is 0.320 e. The molecule has 19 heavy (non-hydrogen) atoms. The Labute approximate surface area is 115 Å². The van der Waals surface area contributed by atoms with Crippen molar-refractivity contribution in [1.29, 1.82) is 0 Å². The van der Waals surface area contributed by atoms with Crippen LogP contribution in [0.15, 0.2) is 30.6 Å². The molecule has 0 saturated carbocycles. The van der Waals surface area contributed by atoms with Gasteiger partial charge in [-0.25, -0.2) is 4.98 Å². The number of halogens is 1. The van der Waals surface area contributed by atoms with Crippen LogP contribution in [0.2, 0.25) is 5.02 Å². The lowest BCUT2D eigenvalue weighted by molar-refractivity contribution is -0.138. The lowest BCUT2D eigenvalue weighted by Crippen LogP contribution is -2.32. The molecule has 0 aliphatic heterocycles. The molecule has 1 atom stereocenters. The van der Waals surface area contributed by atoms with E-state index in [-0.39, 0.29) is 6.42 Å². The first-order valence-electron chi connectivity index (χ1n) is 5.81. The van der Waals surface area contributed by atoms with Crippen LogP contribution in [0.25, 0.3) is 0 Å². The van der Waals surface area contributed by atoms with Crippen LogP contribution >= 0.6 is 11.6 Å². The van der Waals surface area contributed by atoms with E-state index >= 15 is 0 Å². The van der Waals surface area contributed by atoms with E-state index in [1.54, 1.807) is 0 Å². The van der Waals surface area contributed by atoms with Crippen LogP contribution in [-0.2, 0) is 17.6 Å². The van der Waals surface area contributed by atoms with Crippen molar-refractivity contribution in [3.8, 4) is 0 Å². The van der Waals surface area contributed by atoms with Gasteiger partial charge in [0.15, 0.2) is 0 Å². The third-order valence-electron chi connectivity index (χ3n) is 2.86. The van der Waals surface area contributed by atoms with Crippen molar-refractivity contribution in [1.82, 2.24) is 9.97 Å². The number of nitrogens with one attached hydrogen (secondary N) is 1. The fourth-order valence-corrected chi connectivity index (χ4v) is 2.01. The van der Waals surface area contributed by atoms with Gasteiger partial charge in [-0.1, -0.05) is 29.8 Å². The summed E-state index contributed by atoms with van der Waals surface area (Å²) in [4.78, 5) is 17.9. The minimum Gasteiger partial charge on any atom is -0.480 e. The molecule has 2 aromatic rings. The number of aromatic amines is 1. The molecule has 6 heteroatoms. The average Bonchev–Trinajstić information content (AvgIpc) is 2.79. The molecule has 0 fully saturated rings.